The number of halogens is 3. The maximum absolute atomic E-state index is 13.6. The van der Waals surface area contributed by atoms with E-state index in [0.29, 0.717) is 24.8 Å². The number of nitrogens with zero attached hydrogens (tertiary/aromatic N) is 2. The molecule has 17 heavy (non-hydrogen) atoms. The Labute approximate surface area is 97.3 Å². The van der Waals surface area contributed by atoms with E-state index in [9.17, 15) is 13.2 Å². The topological polar surface area (TPSA) is 51.8 Å². The van der Waals surface area contributed by atoms with Gasteiger partial charge in [0.15, 0.2) is 5.82 Å². The lowest BCUT2D eigenvalue weighted by Gasteiger charge is -2.16. The predicted octanol–water partition coefficient (Wildman–Crippen LogP) is 2.35. The number of rotatable bonds is 5. The number of hydrogen-bond acceptors (Lipinski definition) is 3. The van der Waals surface area contributed by atoms with Crippen molar-refractivity contribution in [1.29, 1.82) is 0 Å². The van der Waals surface area contributed by atoms with Gasteiger partial charge in [-0.1, -0.05) is 0 Å². The minimum absolute atomic E-state index is 0.200. The molecule has 0 radical (unpaired) electrons. The van der Waals surface area contributed by atoms with Crippen LogP contribution in [-0.2, 0) is 0 Å². The lowest BCUT2D eigenvalue weighted by Crippen LogP contribution is -2.18. The van der Waals surface area contributed by atoms with Gasteiger partial charge in [-0.2, -0.15) is 0 Å². The van der Waals surface area contributed by atoms with Gasteiger partial charge in [0.1, 0.15) is 5.67 Å². The highest BCUT2D eigenvalue weighted by molar-refractivity contribution is 5.15. The van der Waals surface area contributed by atoms with Gasteiger partial charge in [-0.15, -0.1) is 0 Å². The molecule has 2 N–H and O–H groups in total. The van der Waals surface area contributed by atoms with E-state index in [0.717, 1.165) is 0 Å². The zero-order valence-electron chi connectivity index (χ0n) is 9.24. The number of nitrogens with two attached hydrogens (primary N) is 1. The Morgan fingerprint density at radius 3 is 2.29 bits per heavy atom. The van der Waals surface area contributed by atoms with E-state index in [1.807, 2.05) is 0 Å². The third-order valence-corrected chi connectivity index (χ3v) is 3.05. The number of aromatic nitrogens is 2. The fourth-order valence-corrected chi connectivity index (χ4v) is 1.79. The molecule has 1 aromatic rings. The summed E-state index contributed by atoms with van der Waals surface area (Å²) in [5.41, 5.74) is 5.07. The van der Waals surface area contributed by atoms with Crippen LogP contribution in [0.15, 0.2) is 12.4 Å². The molecule has 1 heterocycles. The molecular weight excluding hydrogens is 231 g/mol. The maximum Gasteiger partial charge on any atom is 0.297 e. The van der Waals surface area contributed by atoms with E-state index < -0.39 is 17.9 Å². The van der Waals surface area contributed by atoms with Crippen LogP contribution in [0.5, 0.6) is 0 Å². The fourth-order valence-electron chi connectivity index (χ4n) is 1.79. The van der Waals surface area contributed by atoms with Gasteiger partial charge in [0.05, 0.1) is 0 Å². The van der Waals surface area contributed by atoms with Crippen molar-refractivity contribution in [3.05, 3.63) is 23.8 Å². The van der Waals surface area contributed by atoms with Crippen molar-refractivity contribution in [1.82, 2.24) is 9.97 Å². The van der Waals surface area contributed by atoms with E-state index in [1.165, 1.54) is 12.4 Å². The predicted molar refractivity (Wildman–Crippen MR) is 56.5 cm³/mol. The normalized spacial score (nSPS) is 19.4. The first-order valence-corrected chi connectivity index (χ1v) is 5.53. The third kappa shape index (κ3) is 2.94. The van der Waals surface area contributed by atoms with E-state index >= 15 is 0 Å². The second-order valence-electron chi connectivity index (χ2n) is 4.46. The largest absolute Gasteiger partial charge is 0.330 e. The highest BCUT2D eigenvalue weighted by Crippen LogP contribution is 2.46. The molecule has 1 atom stereocenters. The second-order valence-corrected chi connectivity index (χ2v) is 4.46. The average Bonchev–Trinajstić information content (AvgIpc) is 3.05. The molecule has 2 rings (SSSR count). The van der Waals surface area contributed by atoms with Crippen molar-refractivity contribution in [2.45, 2.75) is 37.3 Å². The first-order valence-electron chi connectivity index (χ1n) is 5.53. The minimum atomic E-state index is -2.68. The standard InChI is InChI=1S/C11H14F3N3/c12-9(13)10-16-5-8(6-17-10)7(4-15)3-11(14)1-2-11/h5-7,9H,1-4,15H2. The molecule has 1 aliphatic rings. The summed E-state index contributed by atoms with van der Waals surface area (Å²) in [6.45, 7) is 0.267. The zero-order valence-corrected chi connectivity index (χ0v) is 9.24. The molecule has 1 fully saturated rings. The summed E-state index contributed by atoms with van der Waals surface area (Å²) in [7, 11) is 0. The van der Waals surface area contributed by atoms with Crippen LogP contribution in [-0.4, -0.2) is 22.2 Å². The van der Waals surface area contributed by atoms with Gasteiger partial charge in [-0.25, -0.2) is 23.1 Å². The van der Waals surface area contributed by atoms with Crippen LogP contribution in [0, 0.1) is 0 Å². The Morgan fingerprint density at radius 1 is 1.29 bits per heavy atom. The van der Waals surface area contributed by atoms with Crippen molar-refractivity contribution in [3.8, 4) is 0 Å². The van der Waals surface area contributed by atoms with Crippen LogP contribution in [0.2, 0.25) is 0 Å². The van der Waals surface area contributed by atoms with Gasteiger partial charge in [0, 0.05) is 18.3 Å². The Hall–Kier alpha value is -1.17. The molecule has 1 aromatic heterocycles. The fraction of sp³-hybridized carbons (Fsp3) is 0.636. The summed E-state index contributed by atoms with van der Waals surface area (Å²) in [6, 6.07) is 0. The van der Waals surface area contributed by atoms with E-state index in [4.69, 9.17) is 5.73 Å². The summed E-state index contributed by atoms with van der Waals surface area (Å²) in [6.07, 6.45) is 1.38. The monoisotopic (exact) mass is 245 g/mol. The van der Waals surface area contributed by atoms with Gasteiger partial charge < -0.3 is 5.73 Å². The minimum Gasteiger partial charge on any atom is -0.330 e. The van der Waals surface area contributed by atoms with Crippen molar-refractivity contribution < 1.29 is 13.2 Å². The lowest BCUT2D eigenvalue weighted by molar-refractivity contribution is 0.140. The van der Waals surface area contributed by atoms with Crippen LogP contribution >= 0.6 is 0 Å². The SMILES string of the molecule is NCC(CC1(F)CC1)c1cnc(C(F)F)nc1. The molecule has 3 nitrogen and oxygen atoms in total. The smallest absolute Gasteiger partial charge is 0.297 e. The van der Waals surface area contributed by atoms with E-state index in [-0.39, 0.29) is 12.5 Å². The maximum atomic E-state index is 13.6. The number of alkyl halides is 3. The molecule has 0 aromatic carbocycles. The van der Waals surface area contributed by atoms with Crippen LogP contribution in [0.3, 0.4) is 0 Å². The summed E-state index contributed by atoms with van der Waals surface area (Å²) in [5, 5.41) is 0. The molecule has 0 spiro atoms. The molecule has 1 saturated carbocycles. The first kappa shape index (κ1) is 12.3. The zero-order chi connectivity index (χ0) is 12.5. The Morgan fingerprint density at radius 2 is 1.88 bits per heavy atom. The van der Waals surface area contributed by atoms with Crippen molar-refractivity contribution in [3.63, 3.8) is 0 Å². The summed E-state index contributed by atoms with van der Waals surface area (Å²) < 4.78 is 38.1. The molecule has 0 aliphatic heterocycles. The van der Waals surface area contributed by atoms with Crippen LogP contribution in [0.25, 0.3) is 0 Å². The summed E-state index contributed by atoms with van der Waals surface area (Å²) >= 11 is 0. The Kier molecular flexibility index (Phi) is 3.33. The summed E-state index contributed by atoms with van der Waals surface area (Å²) in [5.74, 6) is -0.708. The lowest BCUT2D eigenvalue weighted by atomic mass is 9.95. The molecule has 0 saturated heterocycles. The summed E-state index contributed by atoms with van der Waals surface area (Å²) in [4.78, 5) is 7.12. The molecule has 0 amide bonds. The quantitative estimate of drug-likeness (QED) is 0.866. The van der Waals surface area contributed by atoms with Crippen LogP contribution in [0.4, 0.5) is 13.2 Å². The van der Waals surface area contributed by atoms with E-state index in [2.05, 4.69) is 9.97 Å². The number of hydrogen-bond donors (Lipinski definition) is 1. The molecular formula is C11H14F3N3. The van der Waals surface area contributed by atoms with Gasteiger partial charge in [0.2, 0.25) is 0 Å². The Balaban J connectivity index is 2.08. The molecule has 6 heteroatoms. The molecule has 1 aliphatic carbocycles. The average molecular weight is 245 g/mol. The second kappa shape index (κ2) is 4.60. The molecule has 94 valence electrons. The van der Waals surface area contributed by atoms with Crippen LogP contribution in [0.1, 0.15) is 43.0 Å². The molecule has 0 bridgehead atoms. The molecule has 1 unspecified atom stereocenters. The van der Waals surface area contributed by atoms with Crippen molar-refractivity contribution >= 4 is 0 Å². The van der Waals surface area contributed by atoms with Gasteiger partial charge >= 0.3 is 0 Å². The van der Waals surface area contributed by atoms with E-state index in [1.54, 1.807) is 0 Å². The highest BCUT2D eigenvalue weighted by Gasteiger charge is 2.44. The Bertz CT molecular complexity index is 376. The van der Waals surface area contributed by atoms with Gasteiger partial charge in [-0.05, 0) is 31.4 Å². The van der Waals surface area contributed by atoms with Crippen molar-refractivity contribution in [2.75, 3.05) is 6.54 Å². The van der Waals surface area contributed by atoms with Crippen molar-refractivity contribution in [2.24, 2.45) is 5.73 Å². The first-order chi connectivity index (χ1) is 8.04. The van der Waals surface area contributed by atoms with Crippen LogP contribution < -0.4 is 5.73 Å². The van der Waals surface area contributed by atoms with Gasteiger partial charge in [-0.3, -0.25) is 0 Å². The highest BCUT2D eigenvalue weighted by atomic mass is 19.3. The third-order valence-electron chi connectivity index (χ3n) is 3.05. The van der Waals surface area contributed by atoms with Gasteiger partial charge in [0.25, 0.3) is 6.43 Å².